The van der Waals surface area contributed by atoms with Crippen LogP contribution in [0, 0.1) is 5.92 Å². The van der Waals surface area contributed by atoms with Crippen molar-refractivity contribution in [1.29, 1.82) is 0 Å². The molecule has 160 valence electrons. The van der Waals surface area contributed by atoms with Gasteiger partial charge in [0.2, 0.25) is 11.8 Å². The zero-order valence-electron chi connectivity index (χ0n) is 17.1. The summed E-state index contributed by atoms with van der Waals surface area (Å²) in [6.45, 7) is 3.23. The molecule has 0 saturated heterocycles. The molecule has 7 heteroatoms. The number of hydrogen-bond acceptors (Lipinski definition) is 3. The summed E-state index contributed by atoms with van der Waals surface area (Å²) in [5, 5.41) is 3.19. The number of hydrogen-bond donors (Lipinski definition) is 0. The molecule has 1 aliphatic carbocycles. The SMILES string of the molecule is CCN(CC(=O)N1CCc2sccc2C1c1ccc(Cl)cc1Cl)C(=O)C1CCCC1. The maximum absolute atomic E-state index is 13.4. The zero-order valence-corrected chi connectivity index (χ0v) is 19.4. The van der Waals surface area contributed by atoms with Crippen LogP contribution in [0.4, 0.5) is 0 Å². The molecule has 1 fully saturated rings. The standard InChI is InChI=1S/C23H26Cl2N2O2S/c1-2-26(23(29)15-5-3-4-6-15)14-21(28)27-11-9-20-18(10-12-30-20)22(27)17-8-7-16(24)13-19(17)25/h7-8,10,12-13,15,22H,2-6,9,11,14H2,1H3. The number of halogens is 2. The molecule has 1 unspecified atom stereocenters. The van der Waals surface area contributed by atoms with Gasteiger partial charge in [-0.25, -0.2) is 0 Å². The van der Waals surface area contributed by atoms with Crippen molar-refractivity contribution < 1.29 is 9.59 Å². The molecule has 1 aromatic carbocycles. The molecular weight excluding hydrogens is 439 g/mol. The normalized spacial score (nSPS) is 19.0. The number of carbonyl (C=O) groups excluding carboxylic acids is 2. The highest BCUT2D eigenvalue weighted by atomic mass is 35.5. The molecule has 1 saturated carbocycles. The molecule has 0 bridgehead atoms. The number of carbonyl (C=O) groups is 2. The molecule has 1 atom stereocenters. The van der Waals surface area contributed by atoms with E-state index in [1.54, 1.807) is 22.3 Å². The third kappa shape index (κ3) is 4.25. The Morgan fingerprint density at radius 1 is 1.17 bits per heavy atom. The van der Waals surface area contributed by atoms with Gasteiger partial charge in [-0.1, -0.05) is 42.1 Å². The lowest BCUT2D eigenvalue weighted by Gasteiger charge is -2.38. The summed E-state index contributed by atoms with van der Waals surface area (Å²) in [5.74, 6) is 0.165. The van der Waals surface area contributed by atoms with E-state index in [4.69, 9.17) is 23.2 Å². The second-order valence-electron chi connectivity index (χ2n) is 8.04. The van der Waals surface area contributed by atoms with Gasteiger partial charge in [0.1, 0.15) is 0 Å². The lowest BCUT2D eigenvalue weighted by atomic mass is 9.93. The van der Waals surface area contributed by atoms with Crippen molar-refractivity contribution in [2.24, 2.45) is 5.92 Å². The number of amides is 2. The highest BCUT2D eigenvalue weighted by Crippen LogP contribution is 2.41. The molecule has 0 spiro atoms. The lowest BCUT2D eigenvalue weighted by molar-refractivity contribution is -0.143. The second-order valence-corrected chi connectivity index (χ2v) is 9.88. The molecule has 0 radical (unpaired) electrons. The number of rotatable bonds is 5. The fraction of sp³-hybridized carbons (Fsp3) is 0.478. The van der Waals surface area contributed by atoms with Crippen LogP contribution in [-0.2, 0) is 16.0 Å². The van der Waals surface area contributed by atoms with E-state index in [9.17, 15) is 9.59 Å². The Hall–Kier alpha value is -1.56. The quantitative estimate of drug-likeness (QED) is 0.580. The van der Waals surface area contributed by atoms with Crippen molar-refractivity contribution in [3.05, 3.63) is 55.7 Å². The summed E-state index contributed by atoms with van der Waals surface area (Å²) in [7, 11) is 0. The summed E-state index contributed by atoms with van der Waals surface area (Å²) >= 11 is 14.4. The Kier molecular flexibility index (Phi) is 6.71. The number of nitrogens with zero attached hydrogens (tertiary/aromatic N) is 2. The Bertz CT molecular complexity index is 939. The Labute approximate surface area is 191 Å². The van der Waals surface area contributed by atoms with Gasteiger partial charge in [0.25, 0.3) is 0 Å². The smallest absolute Gasteiger partial charge is 0.242 e. The fourth-order valence-corrected chi connectivity index (χ4v) is 6.09. The minimum Gasteiger partial charge on any atom is -0.333 e. The van der Waals surface area contributed by atoms with E-state index in [1.807, 2.05) is 24.0 Å². The number of likely N-dealkylation sites (N-methyl/N-ethyl adjacent to an activating group) is 1. The van der Waals surface area contributed by atoms with Crippen LogP contribution in [-0.4, -0.2) is 41.2 Å². The van der Waals surface area contributed by atoms with Crippen LogP contribution < -0.4 is 0 Å². The van der Waals surface area contributed by atoms with Gasteiger partial charge in [-0.15, -0.1) is 11.3 Å². The summed E-state index contributed by atoms with van der Waals surface area (Å²) in [6.07, 6.45) is 4.91. The first-order chi connectivity index (χ1) is 14.5. The molecule has 4 nitrogen and oxygen atoms in total. The predicted octanol–water partition coefficient (Wildman–Crippen LogP) is 5.57. The summed E-state index contributed by atoms with van der Waals surface area (Å²) in [6, 6.07) is 7.27. The summed E-state index contributed by atoms with van der Waals surface area (Å²) < 4.78 is 0. The highest BCUT2D eigenvalue weighted by Gasteiger charge is 2.35. The maximum Gasteiger partial charge on any atom is 0.242 e. The first kappa shape index (κ1) is 21.7. The molecular formula is C23H26Cl2N2O2S. The van der Waals surface area contributed by atoms with Gasteiger partial charge in [0.05, 0.1) is 12.6 Å². The fourth-order valence-electron chi connectivity index (χ4n) is 4.67. The zero-order chi connectivity index (χ0) is 21.3. The number of fused-ring (bicyclic) bond motifs is 1. The monoisotopic (exact) mass is 464 g/mol. The average molecular weight is 465 g/mol. The van der Waals surface area contributed by atoms with Crippen LogP contribution in [0.5, 0.6) is 0 Å². The van der Waals surface area contributed by atoms with Gasteiger partial charge in [-0.2, -0.15) is 0 Å². The summed E-state index contributed by atoms with van der Waals surface area (Å²) in [4.78, 5) is 31.3. The van der Waals surface area contributed by atoms with Crippen LogP contribution in [0.25, 0.3) is 0 Å². The molecule has 2 amide bonds. The van der Waals surface area contributed by atoms with Crippen LogP contribution in [0.2, 0.25) is 10.0 Å². The third-order valence-electron chi connectivity index (χ3n) is 6.27. The predicted molar refractivity (Wildman–Crippen MR) is 122 cm³/mol. The largest absolute Gasteiger partial charge is 0.333 e. The van der Waals surface area contributed by atoms with E-state index in [0.717, 1.165) is 43.2 Å². The van der Waals surface area contributed by atoms with Crippen LogP contribution in [0.15, 0.2) is 29.6 Å². The van der Waals surface area contributed by atoms with Crippen LogP contribution in [0.3, 0.4) is 0 Å². The minimum atomic E-state index is -0.252. The van der Waals surface area contributed by atoms with Crippen LogP contribution in [0.1, 0.15) is 54.7 Å². The minimum absolute atomic E-state index is 0.0314. The Morgan fingerprint density at radius 3 is 2.63 bits per heavy atom. The van der Waals surface area contributed by atoms with Gasteiger partial charge in [-0.3, -0.25) is 9.59 Å². The molecule has 1 aliphatic heterocycles. The van der Waals surface area contributed by atoms with Crippen molar-refractivity contribution in [3.63, 3.8) is 0 Å². The van der Waals surface area contributed by atoms with E-state index in [-0.39, 0.29) is 30.3 Å². The van der Waals surface area contributed by atoms with E-state index >= 15 is 0 Å². The van der Waals surface area contributed by atoms with E-state index in [2.05, 4.69) is 11.4 Å². The summed E-state index contributed by atoms with van der Waals surface area (Å²) in [5.41, 5.74) is 1.99. The molecule has 0 N–H and O–H groups in total. The number of benzene rings is 1. The van der Waals surface area contributed by atoms with Crippen molar-refractivity contribution in [2.75, 3.05) is 19.6 Å². The first-order valence-corrected chi connectivity index (χ1v) is 12.2. The highest BCUT2D eigenvalue weighted by molar-refractivity contribution is 7.10. The van der Waals surface area contributed by atoms with Crippen molar-refractivity contribution in [3.8, 4) is 0 Å². The molecule has 2 heterocycles. The van der Waals surface area contributed by atoms with Gasteiger partial charge in [0.15, 0.2) is 0 Å². The Morgan fingerprint density at radius 2 is 1.93 bits per heavy atom. The molecule has 4 rings (SSSR count). The first-order valence-electron chi connectivity index (χ1n) is 10.6. The van der Waals surface area contributed by atoms with Crippen molar-refractivity contribution in [2.45, 2.75) is 45.1 Å². The third-order valence-corrected chi connectivity index (χ3v) is 7.83. The van der Waals surface area contributed by atoms with Crippen LogP contribution >= 0.6 is 34.5 Å². The van der Waals surface area contributed by atoms with Gasteiger partial charge in [0, 0.05) is 33.9 Å². The van der Waals surface area contributed by atoms with E-state index in [0.29, 0.717) is 23.1 Å². The topological polar surface area (TPSA) is 40.6 Å². The number of thiophene rings is 1. The van der Waals surface area contributed by atoms with E-state index < -0.39 is 0 Å². The molecule has 2 aromatic rings. The van der Waals surface area contributed by atoms with Crippen molar-refractivity contribution in [1.82, 2.24) is 9.80 Å². The average Bonchev–Trinajstić information content (AvgIpc) is 3.42. The lowest BCUT2D eigenvalue weighted by Crippen LogP contribution is -2.47. The van der Waals surface area contributed by atoms with Gasteiger partial charge < -0.3 is 9.80 Å². The van der Waals surface area contributed by atoms with Gasteiger partial charge in [-0.05, 0) is 60.9 Å². The Balaban J connectivity index is 1.61. The molecule has 1 aromatic heterocycles. The molecule has 2 aliphatic rings. The van der Waals surface area contributed by atoms with E-state index in [1.165, 1.54) is 4.88 Å². The van der Waals surface area contributed by atoms with Crippen molar-refractivity contribution >= 4 is 46.4 Å². The second kappa shape index (κ2) is 9.29. The maximum atomic E-state index is 13.4. The molecule has 30 heavy (non-hydrogen) atoms. The van der Waals surface area contributed by atoms with Gasteiger partial charge >= 0.3 is 0 Å².